The van der Waals surface area contributed by atoms with Crippen molar-refractivity contribution in [3.63, 3.8) is 0 Å². The van der Waals surface area contributed by atoms with E-state index in [1.807, 2.05) is 12.1 Å². The summed E-state index contributed by atoms with van der Waals surface area (Å²) in [5.74, 6) is -0.801. The molecule has 0 amide bonds. The van der Waals surface area contributed by atoms with E-state index in [1.54, 1.807) is 0 Å². The third-order valence-electron chi connectivity index (χ3n) is 6.43. The number of hydrogen-bond donors (Lipinski definition) is 1. The molecule has 150 valence electrons. The summed E-state index contributed by atoms with van der Waals surface area (Å²) in [6.45, 7) is 6.82. The predicted octanol–water partition coefficient (Wildman–Crippen LogP) is 4.39. The molecule has 0 unspecified atom stereocenters. The maximum atomic E-state index is 12.2. The van der Waals surface area contributed by atoms with Gasteiger partial charge in [-0.2, -0.15) is 0 Å². The monoisotopic (exact) mass is 396 g/mol. The molecule has 1 N–H and O–H groups in total. The van der Waals surface area contributed by atoms with E-state index >= 15 is 0 Å². The highest BCUT2D eigenvalue weighted by atomic mass is 28.3. The van der Waals surface area contributed by atoms with Gasteiger partial charge in [0.25, 0.3) is 0 Å². The van der Waals surface area contributed by atoms with Crippen molar-refractivity contribution in [2.24, 2.45) is 0 Å². The van der Waals surface area contributed by atoms with E-state index in [1.165, 1.54) is 10.4 Å². The molecule has 2 aromatic carbocycles. The largest absolute Gasteiger partial charge is 0.479 e. The van der Waals surface area contributed by atoms with Gasteiger partial charge in [-0.3, -0.25) is 0 Å². The molecule has 0 atom stereocenters. The summed E-state index contributed by atoms with van der Waals surface area (Å²) in [6.07, 6.45) is 4.65. The molecule has 0 aromatic heterocycles. The van der Waals surface area contributed by atoms with Gasteiger partial charge < -0.3 is 9.84 Å². The maximum absolute atomic E-state index is 12.2. The fraction of sp³-hybridized carbons (Fsp3) is 0.458. The Kier molecular flexibility index (Phi) is 6.11. The second-order valence-electron chi connectivity index (χ2n) is 9.04. The van der Waals surface area contributed by atoms with Crippen LogP contribution < -0.4 is 10.4 Å². The van der Waals surface area contributed by atoms with Gasteiger partial charge >= 0.3 is 5.97 Å². The van der Waals surface area contributed by atoms with Crippen molar-refractivity contribution in [3.05, 3.63) is 60.7 Å². The predicted molar refractivity (Wildman–Crippen MR) is 117 cm³/mol. The smallest absolute Gasteiger partial charge is 0.335 e. The average molecular weight is 397 g/mol. The highest BCUT2D eigenvalue weighted by Crippen LogP contribution is 2.39. The van der Waals surface area contributed by atoms with Gasteiger partial charge in [0, 0.05) is 0 Å². The van der Waals surface area contributed by atoms with Gasteiger partial charge in [-0.15, -0.1) is 0 Å². The standard InChI is InChI=1S/C24H32O3Si/c1-23(2,3)28(20-13-7-4-8-14-20,21-15-9-5-10-16-21)19-27-24(22(25)26)17-11-6-12-18-24/h4-5,7-10,13-16H,6,11-12,17-19H2,1-3H3,(H,25,26). The number of carbonyl (C=O) groups is 1. The molecule has 0 saturated heterocycles. The van der Waals surface area contributed by atoms with Crippen LogP contribution in [0.3, 0.4) is 0 Å². The summed E-state index contributed by atoms with van der Waals surface area (Å²) in [5, 5.41) is 12.6. The number of aliphatic carboxylic acids is 1. The van der Waals surface area contributed by atoms with E-state index in [-0.39, 0.29) is 5.04 Å². The van der Waals surface area contributed by atoms with E-state index in [9.17, 15) is 9.90 Å². The van der Waals surface area contributed by atoms with Crippen LogP contribution in [0.15, 0.2) is 60.7 Å². The molecule has 1 aliphatic rings. The molecular weight excluding hydrogens is 364 g/mol. The average Bonchev–Trinajstić information content (AvgIpc) is 2.70. The van der Waals surface area contributed by atoms with E-state index < -0.39 is 19.6 Å². The van der Waals surface area contributed by atoms with Crippen LogP contribution in [0.2, 0.25) is 5.04 Å². The van der Waals surface area contributed by atoms with E-state index in [4.69, 9.17) is 4.74 Å². The summed E-state index contributed by atoms with van der Waals surface area (Å²) in [6, 6.07) is 21.2. The molecule has 3 nitrogen and oxygen atoms in total. The van der Waals surface area contributed by atoms with Gasteiger partial charge in [0.05, 0.1) is 6.23 Å². The summed E-state index contributed by atoms with van der Waals surface area (Å²) < 4.78 is 6.50. The van der Waals surface area contributed by atoms with Gasteiger partial charge in [-0.1, -0.05) is 98.2 Å². The second kappa shape index (κ2) is 8.22. The first-order valence-electron chi connectivity index (χ1n) is 10.3. The van der Waals surface area contributed by atoms with Crippen LogP contribution in [0.5, 0.6) is 0 Å². The quantitative estimate of drug-likeness (QED) is 0.737. The zero-order valence-corrected chi connectivity index (χ0v) is 18.3. The van der Waals surface area contributed by atoms with Gasteiger partial charge in [-0.05, 0) is 30.7 Å². The van der Waals surface area contributed by atoms with Crippen LogP contribution in [-0.4, -0.2) is 31.0 Å². The van der Waals surface area contributed by atoms with Crippen molar-refractivity contribution in [2.45, 2.75) is 63.5 Å². The third kappa shape index (κ3) is 3.81. The van der Waals surface area contributed by atoms with Gasteiger partial charge in [-0.25, -0.2) is 4.79 Å². The Balaban J connectivity index is 2.09. The van der Waals surface area contributed by atoms with Crippen LogP contribution in [-0.2, 0) is 9.53 Å². The molecule has 2 aromatic rings. The molecule has 1 fully saturated rings. The van der Waals surface area contributed by atoms with Crippen LogP contribution in [0.1, 0.15) is 52.9 Å². The number of benzene rings is 2. The van der Waals surface area contributed by atoms with Crippen molar-refractivity contribution in [3.8, 4) is 0 Å². The lowest BCUT2D eigenvalue weighted by molar-refractivity contribution is -0.168. The topological polar surface area (TPSA) is 46.5 Å². The van der Waals surface area contributed by atoms with Gasteiger partial charge in [0.2, 0.25) is 0 Å². The minimum atomic E-state index is -2.41. The van der Waals surface area contributed by atoms with Gasteiger partial charge in [0.1, 0.15) is 8.07 Å². The van der Waals surface area contributed by atoms with Gasteiger partial charge in [0.15, 0.2) is 5.60 Å². The zero-order valence-electron chi connectivity index (χ0n) is 17.3. The van der Waals surface area contributed by atoms with Crippen LogP contribution >= 0.6 is 0 Å². The van der Waals surface area contributed by atoms with Crippen molar-refractivity contribution >= 4 is 24.4 Å². The SMILES string of the molecule is CC(C)(C)[Si](COC1(C(=O)O)CCCCC1)(c1ccccc1)c1ccccc1. The third-order valence-corrected chi connectivity index (χ3v) is 12.2. The molecule has 0 radical (unpaired) electrons. The fourth-order valence-corrected chi connectivity index (χ4v) is 9.50. The fourth-order valence-electron chi connectivity index (χ4n) is 4.65. The molecule has 0 heterocycles. The molecule has 3 rings (SSSR count). The van der Waals surface area contributed by atoms with Crippen molar-refractivity contribution in [1.29, 1.82) is 0 Å². The van der Waals surface area contributed by atoms with Crippen LogP contribution in [0.4, 0.5) is 0 Å². The summed E-state index contributed by atoms with van der Waals surface area (Å²) in [4.78, 5) is 12.2. The summed E-state index contributed by atoms with van der Waals surface area (Å²) in [5.41, 5.74) is -1.04. The molecular formula is C24H32O3Si. The van der Waals surface area contributed by atoms with E-state index in [0.29, 0.717) is 19.1 Å². The van der Waals surface area contributed by atoms with Crippen molar-refractivity contribution in [1.82, 2.24) is 0 Å². The highest BCUT2D eigenvalue weighted by Gasteiger charge is 2.51. The minimum Gasteiger partial charge on any atom is -0.479 e. The zero-order chi connectivity index (χ0) is 20.3. The van der Waals surface area contributed by atoms with Crippen molar-refractivity contribution < 1.29 is 14.6 Å². The van der Waals surface area contributed by atoms with Crippen molar-refractivity contribution in [2.75, 3.05) is 6.23 Å². The Labute approximate surface area is 169 Å². The summed E-state index contributed by atoms with van der Waals surface area (Å²) in [7, 11) is -2.41. The molecule has 1 saturated carbocycles. The van der Waals surface area contributed by atoms with Crippen LogP contribution in [0, 0.1) is 0 Å². The van der Waals surface area contributed by atoms with Crippen LogP contribution in [0.25, 0.3) is 0 Å². The maximum Gasteiger partial charge on any atom is 0.335 e. The van der Waals surface area contributed by atoms with E-state index in [2.05, 4.69) is 69.3 Å². The molecule has 4 heteroatoms. The first-order chi connectivity index (χ1) is 13.3. The molecule has 1 aliphatic carbocycles. The Morgan fingerprint density at radius 1 is 0.929 bits per heavy atom. The number of carboxylic acids is 1. The molecule has 28 heavy (non-hydrogen) atoms. The highest BCUT2D eigenvalue weighted by molar-refractivity contribution is 7.04. The Morgan fingerprint density at radius 3 is 1.79 bits per heavy atom. The number of hydrogen-bond acceptors (Lipinski definition) is 2. The number of rotatable bonds is 6. The minimum absolute atomic E-state index is 0.0376. The first kappa shape index (κ1) is 20.8. The normalized spacial score (nSPS) is 17.2. The lowest BCUT2D eigenvalue weighted by Crippen LogP contribution is -2.68. The number of ether oxygens (including phenoxy) is 1. The first-order valence-corrected chi connectivity index (χ1v) is 12.5. The van der Waals surface area contributed by atoms with E-state index in [0.717, 1.165) is 19.3 Å². The number of carboxylic acid groups (broad SMARTS) is 1. The second-order valence-corrected chi connectivity index (χ2v) is 13.8. The molecule has 0 aliphatic heterocycles. The Hall–Kier alpha value is -1.91. The lowest BCUT2D eigenvalue weighted by atomic mass is 9.85. The molecule has 0 bridgehead atoms. The Bertz CT molecular complexity index is 735. The Morgan fingerprint density at radius 2 is 1.39 bits per heavy atom. The lowest BCUT2D eigenvalue weighted by Gasteiger charge is -2.46. The summed E-state index contributed by atoms with van der Waals surface area (Å²) >= 11 is 0. The molecule has 0 spiro atoms.